The van der Waals surface area contributed by atoms with Crippen LogP contribution < -0.4 is 0 Å². The van der Waals surface area contributed by atoms with E-state index in [0.29, 0.717) is 0 Å². The van der Waals surface area contributed by atoms with Gasteiger partial charge >= 0.3 is 11.9 Å². The van der Waals surface area contributed by atoms with E-state index in [2.05, 4.69) is 0 Å². The molecule has 0 aromatic carbocycles. The molecule has 1 aliphatic rings. The molecule has 0 spiro atoms. The van der Waals surface area contributed by atoms with Crippen LogP contribution in [0.25, 0.3) is 0 Å². The highest BCUT2D eigenvalue weighted by Gasteiger charge is 2.57. The Bertz CT molecular complexity index is 320. The van der Waals surface area contributed by atoms with Gasteiger partial charge in [0.05, 0.1) is 5.92 Å². The highest BCUT2D eigenvalue weighted by atomic mass is 16.7. The van der Waals surface area contributed by atoms with Crippen LogP contribution >= 0.6 is 0 Å². The standard InChI is InChI=1S/C10H14O5/c1-5-8(13)15-9(14-7(3)12)10(5,4)6(2)11/h5,9H,1-4H3/t5-,9-,10-/m1/s1. The van der Waals surface area contributed by atoms with Gasteiger partial charge in [0.15, 0.2) is 0 Å². The number of ether oxygens (including phenoxy) is 2. The van der Waals surface area contributed by atoms with Gasteiger partial charge < -0.3 is 9.47 Å². The predicted molar refractivity (Wildman–Crippen MR) is 49.6 cm³/mol. The summed E-state index contributed by atoms with van der Waals surface area (Å²) in [6.45, 7) is 5.72. The van der Waals surface area contributed by atoms with E-state index < -0.39 is 29.6 Å². The van der Waals surface area contributed by atoms with Crippen LogP contribution in [0.3, 0.4) is 0 Å². The molecule has 0 aliphatic carbocycles. The summed E-state index contributed by atoms with van der Waals surface area (Å²) in [7, 11) is 0. The van der Waals surface area contributed by atoms with Gasteiger partial charge in [-0.25, -0.2) is 0 Å². The molecule has 0 N–H and O–H groups in total. The van der Waals surface area contributed by atoms with Gasteiger partial charge in [0.25, 0.3) is 6.29 Å². The first-order chi connectivity index (χ1) is 6.80. The quantitative estimate of drug-likeness (QED) is 0.631. The third-order valence-electron chi connectivity index (χ3n) is 3.00. The minimum absolute atomic E-state index is 0.230. The summed E-state index contributed by atoms with van der Waals surface area (Å²) in [6.07, 6.45) is -1.10. The first kappa shape index (κ1) is 11.7. The van der Waals surface area contributed by atoms with Crippen LogP contribution in [0.2, 0.25) is 0 Å². The van der Waals surface area contributed by atoms with E-state index in [0.717, 1.165) is 0 Å². The molecule has 0 saturated carbocycles. The summed E-state index contributed by atoms with van der Waals surface area (Å²) in [4.78, 5) is 33.6. The van der Waals surface area contributed by atoms with Crippen LogP contribution in [0.1, 0.15) is 27.7 Å². The van der Waals surface area contributed by atoms with Crippen molar-refractivity contribution in [2.45, 2.75) is 34.0 Å². The van der Waals surface area contributed by atoms with Crippen LogP contribution in [0.15, 0.2) is 0 Å². The van der Waals surface area contributed by atoms with E-state index in [9.17, 15) is 14.4 Å². The van der Waals surface area contributed by atoms with Crippen molar-refractivity contribution in [3.05, 3.63) is 0 Å². The van der Waals surface area contributed by atoms with Gasteiger partial charge in [-0.1, -0.05) is 6.92 Å². The zero-order chi connectivity index (χ0) is 11.8. The number of carbonyl (C=O) groups is 3. The molecule has 5 heteroatoms. The molecule has 1 heterocycles. The van der Waals surface area contributed by atoms with Crippen LogP contribution in [0, 0.1) is 11.3 Å². The smallest absolute Gasteiger partial charge is 0.313 e. The fraction of sp³-hybridized carbons (Fsp3) is 0.700. The van der Waals surface area contributed by atoms with Crippen molar-refractivity contribution in [3.8, 4) is 0 Å². The van der Waals surface area contributed by atoms with Gasteiger partial charge in [0, 0.05) is 6.92 Å². The Morgan fingerprint density at radius 2 is 1.93 bits per heavy atom. The van der Waals surface area contributed by atoms with Gasteiger partial charge in [-0.05, 0) is 13.8 Å². The number of rotatable bonds is 2. The number of carbonyl (C=O) groups excluding carboxylic acids is 3. The van der Waals surface area contributed by atoms with Crippen molar-refractivity contribution in [1.82, 2.24) is 0 Å². The minimum atomic E-state index is -1.10. The zero-order valence-corrected chi connectivity index (χ0v) is 9.20. The number of esters is 2. The Hall–Kier alpha value is -1.39. The van der Waals surface area contributed by atoms with Crippen molar-refractivity contribution in [2.75, 3.05) is 0 Å². The van der Waals surface area contributed by atoms with Gasteiger partial charge in [0.2, 0.25) is 0 Å². The molecule has 0 unspecified atom stereocenters. The highest BCUT2D eigenvalue weighted by molar-refractivity contribution is 5.91. The number of hydrogen-bond acceptors (Lipinski definition) is 5. The molecule has 0 amide bonds. The fourth-order valence-corrected chi connectivity index (χ4v) is 1.55. The van der Waals surface area contributed by atoms with Gasteiger partial charge in [0.1, 0.15) is 11.2 Å². The molecule has 0 radical (unpaired) electrons. The third kappa shape index (κ3) is 1.73. The van der Waals surface area contributed by atoms with Gasteiger partial charge in [-0.2, -0.15) is 0 Å². The molecule has 0 bridgehead atoms. The summed E-state index contributed by atoms with van der Waals surface area (Å²) in [5.74, 6) is -1.92. The molecule has 1 aliphatic heterocycles. The maximum absolute atomic E-state index is 11.5. The van der Waals surface area contributed by atoms with E-state index in [1.54, 1.807) is 13.8 Å². The maximum Gasteiger partial charge on any atom is 0.313 e. The summed E-state index contributed by atoms with van der Waals surface area (Å²) in [5, 5.41) is 0. The summed E-state index contributed by atoms with van der Waals surface area (Å²) >= 11 is 0. The number of Topliss-reactive ketones (excluding diaryl/α,β-unsaturated/α-hetero) is 1. The second-order valence-corrected chi connectivity index (χ2v) is 3.94. The van der Waals surface area contributed by atoms with Crippen molar-refractivity contribution in [2.24, 2.45) is 11.3 Å². The lowest BCUT2D eigenvalue weighted by atomic mass is 9.76. The lowest BCUT2D eigenvalue weighted by Gasteiger charge is -2.27. The SMILES string of the molecule is CC(=O)O[C@@H]1OC(=O)[C@@H](C)[C@]1(C)C(C)=O. The van der Waals surface area contributed by atoms with Gasteiger partial charge in [-0.15, -0.1) is 0 Å². The molecule has 3 atom stereocenters. The largest absolute Gasteiger partial charge is 0.424 e. The average Bonchev–Trinajstić information content (AvgIpc) is 2.31. The van der Waals surface area contributed by atoms with E-state index in [1.165, 1.54) is 13.8 Å². The average molecular weight is 214 g/mol. The lowest BCUT2D eigenvalue weighted by Crippen LogP contribution is -2.41. The summed E-state index contributed by atoms with van der Waals surface area (Å²) < 4.78 is 9.68. The third-order valence-corrected chi connectivity index (χ3v) is 3.00. The number of hydrogen-bond donors (Lipinski definition) is 0. The number of ketones is 1. The van der Waals surface area contributed by atoms with Crippen LogP contribution in [-0.2, 0) is 23.9 Å². The number of cyclic esters (lactones) is 1. The normalized spacial score (nSPS) is 34.8. The molecule has 5 nitrogen and oxygen atoms in total. The molecule has 0 aromatic rings. The molecule has 1 saturated heterocycles. The molecular weight excluding hydrogens is 200 g/mol. The predicted octanol–water partition coefficient (Wildman–Crippen LogP) is 0.664. The Morgan fingerprint density at radius 3 is 2.33 bits per heavy atom. The van der Waals surface area contributed by atoms with Crippen molar-refractivity contribution < 1.29 is 23.9 Å². The summed E-state index contributed by atoms with van der Waals surface area (Å²) in [5.41, 5.74) is -1.08. The van der Waals surface area contributed by atoms with Crippen molar-refractivity contribution in [1.29, 1.82) is 0 Å². The Kier molecular flexibility index (Phi) is 2.83. The molecular formula is C10H14O5. The Morgan fingerprint density at radius 1 is 1.40 bits per heavy atom. The lowest BCUT2D eigenvalue weighted by molar-refractivity contribution is -0.188. The minimum Gasteiger partial charge on any atom is -0.424 e. The Balaban J connectivity index is 3.01. The Labute approximate surface area is 87.7 Å². The summed E-state index contributed by atoms with van der Waals surface area (Å²) in [6, 6.07) is 0. The van der Waals surface area contributed by atoms with Crippen LogP contribution in [0.5, 0.6) is 0 Å². The molecule has 15 heavy (non-hydrogen) atoms. The second kappa shape index (κ2) is 3.64. The fourth-order valence-electron chi connectivity index (χ4n) is 1.55. The van der Waals surface area contributed by atoms with Gasteiger partial charge in [-0.3, -0.25) is 14.4 Å². The van der Waals surface area contributed by atoms with E-state index in [4.69, 9.17) is 9.47 Å². The van der Waals surface area contributed by atoms with Crippen LogP contribution in [-0.4, -0.2) is 24.0 Å². The van der Waals surface area contributed by atoms with E-state index in [-0.39, 0.29) is 5.78 Å². The molecule has 84 valence electrons. The van der Waals surface area contributed by atoms with Crippen LogP contribution in [0.4, 0.5) is 0 Å². The molecule has 0 aromatic heterocycles. The zero-order valence-electron chi connectivity index (χ0n) is 9.20. The van der Waals surface area contributed by atoms with Crippen molar-refractivity contribution in [3.63, 3.8) is 0 Å². The van der Waals surface area contributed by atoms with E-state index >= 15 is 0 Å². The maximum atomic E-state index is 11.5. The van der Waals surface area contributed by atoms with Crippen molar-refractivity contribution >= 4 is 17.7 Å². The first-order valence-electron chi connectivity index (χ1n) is 4.69. The topological polar surface area (TPSA) is 69.7 Å². The van der Waals surface area contributed by atoms with E-state index in [1.807, 2.05) is 0 Å². The monoisotopic (exact) mass is 214 g/mol. The molecule has 1 fully saturated rings. The second-order valence-electron chi connectivity index (χ2n) is 3.94. The molecule has 1 rings (SSSR count). The highest BCUT2D eigenvalue weighted by Crippen LogP contribution is 2.41. The first-order valence-corrected chi connectivity index (χ1v) is 4.69.